The number of hydrogen-bond acceptors (Lipinski definition) is 8. The van der Waals surface area contributed by atoms with Crippen LogP contribution in [0.2, 0.25) is 5.02 Å². The van der Waals surface area contributed by atoms with Gasteiger partial charge in [-0.25, -0.2) is 0 Å². The standard InChI is InChI=1S/C25H16ClN5O5S/c1-13-2-11-18-19(12-13)37-21(20(18)26)23(33)27-16-7-3-14(4-8-16)22(32)28-25-30-29-24(36-25)15-5-9-17(10-6-15)31(34)35/h2-12H,1H3,(H,27,33)(H,28,30,32). The van der Waals surface area contributed by atoms with Gasteiger partial charge in [0.25, 0.3) is 17.5 Å². The molecule has 37 heavy (non-hydrogen) atoms. The molecule has 10 nitrogen and oxygen atoms in total. The molecule has 2 amide bonds. The Morgan fingerprint density at radius 2 is 1.70 bits per heavy atom. The predicted molar refractivity (Wildman–Crippen MR) is 140 cm³/mol. The van der Waals surface area contributed by atoms with Gasteiger partial charge >= 0.3 is 6.01 Å². The molecule has 0 saturated carbocycles. The highest BCUT2D eigenvalue weighted by atomic mass is 35.5. The molecule has 0 spiro atoms. The lowest BCUT2D eigenvalue weighted by atomic mass is 10.2. The molecular formula is C25H16ClN5O5S. The molecule has 2 aromatic heterocycles. The number of amides is 2. The zero-order valence-corrected chi connectivity index (χ0v) is 20.6. The fraction of sp³-hybridized carbons (Fsp3) is 0.0400. The van der Waals surface area contributed by atoms with Crippen molar-refractivity contribution in [1.82, 2.24) is 10.2 Å². The van der Waals surface area contributed by atoms with Crippen molar-refractivity contribution in [2.24, 2.45) is 0 Å². The average Bonchev–Trinajstić information content (AvgIpc) is 3.48. The van der Waals surface area contributed by atoms with E-state index in [1.54, 1.807) is 12.1 Å². The number of thiophene rings is 1. The highest BCUT2D eigenvalue weighted by Crippen LogP contribution is 2.36. The molecule has 184 valence electrons. The van der Waals surface area contributed by atoms with Gasteiger partial charge in [-0.3, -0.25) is 25.0 Å². The number of nitrogens with zero attached hydrogens (tertiary/aromatic N) is 3. The number of hydrogen-bond donors (Lipinski definition) is 2. The summed E-state index contributed by atoms with van der Waals surface area (Å²) in [5, 5.41) is 25.0. The average molecular weight is 534 g/mol. The first-order valence-electron chi connectivity index (χ1n) is 10.8. The molecule has 5 rings (SSSR count). The van der Waals surface area contributed by atoms with Crippen LogP contribution in [0.4, 0.5) is 17.4 Å². The van der Waals surface area contributed by atoms with Crippen molar-refractivity contribution >= 4 is 62.2 Å². The van der Waals surface area contributed by atoms with Crippen LogP contribution in [0.1, 0.15) is 25.6 Å². The summed E-state index contributed by atoms with van der Waals surface area (Å²) >= 11 is 7.74. The monoisotopic (exact) mass is 533 g/mol. The molecule has 2 N–H and O–H groups in total. The Morgan fingerprint density at radius 3 is 2.41 bits per heavy atom. The van der Waals surface area contributed by atoms with Gasteiger partial charge in [0.1, 0.15) is 4.88 Å². The number of carbonyl (C=O) groups is 2. The van der Waals surface area contributed by atoms with E-state index in [9.17, 15) is 19.7 Å². The molecule has 5 aromatic rings. The third-order valence-corrected chi connectivity index (χ3v) is 7.02. The molecular weight excluding hydrogens is 518 g/mol. The number of non-ortho nitro benzene ring substituents is 1. The van der Waals surface area contributed by atoms with E-state index >= 15 is 0 Å². The third-order valence-electron chi connectivity index (χ3n) is 5.37. The molecule has 3 aromatic carbocycles. The summed E-state index contributed by atoms with van der Waals surface area (Å²) in [6.45, 7) is 1.97. The van der Waals surface area contributed by atoms with Gasteiger partial charge in [-0.05, 0) is 55.0 Å². The number of fused-ring (bicyclic) bond motifs is 1. The van der Waals surface area contributed by atoms with Gasteiger partial charge in [-0.1, -0.05) is 28.8 Å². The van der Waals surface area contributed by atoms with Crippen LogP contribution in [0.15, 0.2) is 71.1 Å². The van der Waals surface area contributed by atoms with E-state index < -0.39 is 10.8 Å². The van der Waals surface area contributed by atoms with Crippen molar-refractivity contribution in [2.45, 2.75) is 6.92 Å². The minimum absolute atomic E-state index is 0.0709. The first kappa shape index (κ1) is 24.1. The van der Waals surface area contributed by atoms with Crippen molar-refractivity contribution in [3.05, 3.63) is 97.9 Å². The van der Waals surface area contributed by atoms with Crippen LogP contribution in [0.25, 0.3) is 21.5 Å². The molecule has 0 aliphatic heterocycles. The molecule has 0 unspecified atom stereocenters. The molecule has 0 radical (unpaired) electrons. The van der Waals surface area contributed by atoms with Crippen LogP contribution in [0.3, 0.4) is 0 Å². The molecule has 0 bridgehead atoms. The zero-order valence-electron chi connectivity index (χ0n) is 19.0. The zero-order chi connectivity index (χ0) is 26.1. The van der Waals surface area contributed by atoms with Crippen molar-refractivity contribution in [2.75, 3.05) is 10.6 Å². The summed E-state index contributed by atoms with van der Waals surface area (Å²) in [6.07, 6.45) is 0. The highest BCUT2D eigenvalue weighted by Gasteiger charge is 2.18. The largest absolute Gasteiger partial charge is 0.403 e. The van der Waals surface area contributed by atoms with Gasteiger partial charge in [0.2, 0.25) is 5.89 Å². The maximum atomic E-state index is 12.8. The Bertz CT molecular complexity index is 1660. The number of anilines is 2. The minimum Gasteiger partial charge on any atom is -0.403 e. The van der Waals surface area contributed by atoms with E-state index in [-0.39, 0.29) is 23.5 Å². The number of benzene rings is 3. The number of nitro benzene ring substituents is 1. The molecule has 0 fully saturated rings. The molecule has 0 atom stereocenters. The molecule has 2 heterocycles. The normalized spacial score (nSPS) is 10.9. The van der Waals surface area contributed by atoms with Gasteiger partial charge in [-0.15, -0.1) is 16.4 Å². The molecule has 0 saturated heterocycles. The Morgan fingerprint density at radius 1 is 0.973 bits per heavy atom. The van der Waals surface area contributed by atoms with Gasteiger partial charge < -0.3 is 9.73 Å². The van der Waals surface area contributed by atoms with E-state index in [1.165, 1.54) is 47.7 Å². The maximum Gasteiger partial charge on any atom is 0.322 e. The third kappa shape index (κ3) is 5.03. The van der Waals surface area contributed by atoms with E-state index in [2.05, 4.69) is 20.8 Å². The second kappa shape index (κ2) is 9.80. The molecule has 0 aliphatic rings. The van der Waals surface area contributed by atoms with E-state index in [0.717, 1.165) is 15.6 Å². The summed E-state index contributed by atoms with van der Waals surface area (Å²) in [7, 11) is 0. The van der Waals surface area contributed by atoms with E-state index in [0.29, 0.717) is 26.7 Å². The van der Waals surface area contributed by atoms with Crippen LogP contribution in [-0.2, 0) is 0 Å². The number of nitro groups is 1. The van der Waals surface area contributed by atoms with Crippen LogP contribution >= 0.6 is 22.9 Å². The lowest BCUT2D eigenvalue weighted by molar-refractivity contribution is -0.384. The van der Waals surface area contributed by atoms with Crippen LogP contribution in [0.5, 0.6) is 0 Å². The Kier molecular flexibility index (Phi) is 6.38. The number of rotatable bonds is 6. The predicted octanol–water partition coefficient (Wildman–Crippen LogP) is 6.33. The summed E-state index contributed by atoms with van der Waals surface area (Å²) in [5.41, 5.74) is 2.26. The van der Waals surface area contributed by atoms with Crippen LogP contribution in [-0.4, -0.2) is 26.9 Å². The SMILES string of the molecule is Cc1ccc2c(Cl)c(C(=O)Nc3ccc(C(=O)Nc4nnc(-c5ccc([N+](=O)[O-])cc5)o4)cc3)sc2c1. The second-order valence-electron chi connectivity index (χ2n) is 7.95. The smallest absolute Gasteiger partial charge is 0.322 e. The maximum absolute atomic E-state index is 12.8. The summed E-state index contributed by atoms with van der Waals surface area (Å²) in [4.78, 5) is 36.1. The Hall–Kier alpha value is -4.61. The summed E-state index contributed by atoms with van der Waals surface area (Å²) in [5.74, 6) is -0.747. The molecule has 0 aliphatic carbocycles. The van der Waals surface area contributed by atoms with Crippen molar-refractivity contribution in [3.63, 3.8) is 0 Å². The van der Waals surface area contributed by atoms with Gasteiger partial charge in [-0.2, -0.15) is 0 Å². The van der Waals surface area contributed by atoms with Gasteiger partial charge in [0.15, 0.2) is 0 Å². The lowest BCUT2D eigenvalue weighted by Crippen LogP contribution is -2.13. The first-order valence-corrected chi connectivity index (χ1v) is 12.0. The highest BCUT2D eigenvalue weighted by molar-refractivity contribution is 7.21. The van der Waals surface area contributed by atoms with Crippen molar-refractivity contribution in [3.8, 4) is 11.5 Å². The lowest BCUT2D eigenvalue weighted by Gasteiger charge is -2.06. The Labute approximate surface area is 218 Å². The van der Waals surface area contributed by atoms with Crippen LogP contribution in [0, 0.1) is 17.0 Å². The topological polar surface area (TPSA) is 140 Å². The number of aryl methyl sites for hydroxylation is 1. The van der Waals surface area contributed by atoms with Gasteiger partial charge in [0, 0.05) is 39.0 Å². The number of aromatic nitrogens is 2. The molecule has 12 heteroatoms. The number of halogens is 1. The summed E-state index contributed by atoms with van der Waals surface area (Å²) in [6, 6.07) is 17.5. The Balaban J connectivity index is 1.24. The quantitative estimate of drug-likeness (QED) is 0.192. The second-order valence-corrected chi connectivity index (χ2v) is 9.38. The number of nitrogens with one attached hydrogen (secondary N) is 2. The fourth-order valence-electron chi connectivity index (χ4n) is 3.50. The van der Waals surface area contributed by atoms with E-state index in [1.807, 2.05) is 25.1 Å². The minimum atomic E-state index is -0.514. The first-order chi connectivity index (χ1) is 17.8. The van der Waals surface area contributed by atoms with Crippen LogP contribution < -0.4 is 10.6 Å². The number of carbonyl (C=O) groups excluding carboxylic acids is 2. The van der Waals surface area contributed by atoms with Crippen molar-refractivity contribution in [1.29, 1.82) is 0 Å². The van der Waals surface area contributed by atoms with Crippen molar-refractivity contribution < 1.29 is 18.9 Å². The summed E-state index contributed by atoms with van der Waals surface area (Å²) < 4.78 is 6.37. The van der Waals surface area contributed by atoms with E-state index in [4.69, 9.17) is 16.0 Å². The van der Waals surface area contributed by atoms with Gasteiger partial charge in [0.05, 0.1) is 9.95 Å². The fourth-order valence-corrected chi connectivity index (χ4v) is 5.01.